The fourth-order valence-corrected chi connectivity index (χ4v) is 1.22. The number of carbonyl (C=O) groups is 2. The summed E-state index contributed by atoms with van der Waals surface area (Å²) in [5, 5.41) is 8.80. The molecular weight excluding hydrogens is 210 g/mol. The normalized spacial score (nSPS) is 10.0. The largest absolute Gasteiger partial charge is 0.478 e. The number of carboxylic acids is 1. The first kappa shape index (κ1) is 10.0. The molecule has 0 saturated heterocycles. The Morgan fingerprint density at radius 2 is 2.25 bits per heavy atom. The molecule has 6 heteroatoms. The molecule has 1 N–H and O–H groups in total. The van der Waals surface area contributed by atoms with E-state index < -0.39 is 5.97 Å². The van der Waals surface area contributed by atoms with Crippen LogP contribution in [-0.4, -0.2) is 31.9 Å². The van der Waals surface area contributed by atoms with Gasteiger partial charge in [-0.3, -0.25) is 9.36 Å². The fourth-order valence-electron chi connectivity index (χ4n) is 1.22. The van der Waals surface area contributed by atoms with Gasteiger partial charge in [-0.15, -0.1) is 0 Å². The fraction of sp³-hybridized carbons (Fsp3) is 0. The summed E-state index contributed by atoms with van der Waals surface area (Å²) < 4.78 is 1.48. The molecule has 0 unspecified atom stereocenters. The van der Waals surface area contributed by atoms with Crippen molar-refractivity contribution in [1.82, 2.24) is 14.5 Å². The molecule has 2 rings (SSSR count). The predicted octanol–water partition coefficient (Wildman–Crippen LogP) is 0.778. The van der Waals surface area contributed by atoms with Gasteiger partial charge in [0, 0.05) is 12.4 Å². The number of rotatable bonds is 3. The lowest BCUT2D eigenvalue weighted by atomic mass is 10.2. The van der Waals surface area contributed by atoms with Gasteiger partial charge in [0.1, 0.15) is 17.8 Å². The van der Waals surface area contributed by atoms with Crippen molar-refractivity contribution in [2.75, 3.05) is 0 Å². The van der Waals surface area contributed by atoms with E-state index in [0.717, 1.165) is 0 Å². The van der Waals surface area contributed by atoms with Crippen molar-refractivity contribution in [1.29, 1.82) is 0 Å². The molecule has 0 atom stereocenters. The van der Waals surface area contributed by atoms with E-state index in [1.54, 1.807) is 0 Å². The lowest BCUT2D eigenvalue weighted by Gasteiger charge is -2.01. The Labute approximate surface area is 90.2 Å². The lowest BCUT2D eigenvalue weighted by molar-refractivity contribution is 0.0696. The molecule has 80 valence electrons. The van der Waals surface area contributed by atoms with Crippen molar-refractivity contribution in [2.24, 2.45) is 0 Å². The number of imidazole rings is 1. The maximum absolute atomic E-state index is 10.7. The number of nitrogens with zero attached hydrogens (tertiary/aromatic N) is 3. The van der Waals surface area contributed by atoms with Gasteiger partial charge in [-0.1, -0.05) is 0 Å². The Kier molecular flexibility index (Phi) is 2.47. The molecule has 16 heavy (non-hydrogen) atoms. The Bertz CT molecular complexity index is 548. The van der Waals surface area contributed by atoms with E-state index in [2.05, 4.69) is 9.97 Å². The summed E-state index contributed by atoms with van der Waals surface area (Å²) in [5.41, 5.74) is 0.397. The van der Waals surface area contributed by atoms with E-state index in [4.69, 9.17) is 5.11 Å². The maximum Gasteiger partial charge on any atom is 0.335 e. The van der Waals surface area contributed by atoms with Crippen LogP contribution in [0, 0.1) is 0 Å². The zero-order valence-electron chi connectivity index (χ0n) is 8.07. The third kappa shape index (κ3) is 1.81. The van der Waals surface area contributed by atoms with E-state index in [0.29, 0.717) is 12.1 Å². The molecule has 0 aliphatic heterocycles. The zero-order valence-corrected chi connectivity index (χ0v) is 8.07. The SMILES string of the molecule is O=Cc1cn(-c2cc(C(=O)O)ccn2)cn1. The minimum atomic E-state index is -1.03. The van der Waals surface area contributed by atoms with Gasteiger partial charge >= 0.3 is 5.97 Å². The Hall–Kier alpha value is -2.50. The van der Waals surface area contributed by atoms with E-state index in [1.807, 2.05) is 0 Å². The van der Waals surface area contributed by atoms with Crippen LogP contribution in [0.5, 0.6) is 0 Å². The van der Waals surface area contributed by atoms with Crippen molar-refractivity contribution < 1.29 is 14.7 Å². The molecule has 0 fully saturated rings. The number of pyridine rings is 1. The number of hydrogen-bond donors (Lipinski definition) is 1. The number of aromatic nitrogens is 3. The first-order valence-electron chi connectivity index (χ1n) is 4.39. The third-order valence-corrected chi connectivity index (χ3v) is 1.98. The molecule has 2 heterocycles. The average Bonchev–Trinajstić information content (AvgIpc) is 2.77. The zero-order chi connectivity index (χ0) is 11.5. The number of hydrogen-bond acceptors (Lipinski definition) is 4. The van der Waals surface area contributed by atoms with Crippen molar-refractivity contribution in [3.05, 3.63) is 42.1 Å². The molecule has 0 amide bonds. The second-order valence-corrected chi connectivity index (χ2v) is 3.03. The van der Waals surface area contributed by atoms with Crippen LogP contribution in [0.4, 0.5) is 0 Å². The van der Waals surface area contributed by atoms with Gasteiger partial charge in [0.25, 0.3) is 0 Å². The van der Waals surface area contributed by atoms with Crippen LogP contribution in [0.15, 0.2) is 30.9 Å². The highest BCUT2D eigenvalue weighted by Gasteiger charge is 2.06. The summed E-state index contributed by atoms with van der Waals surface area (Å²) in [6, 6.07) is 2.79. The van der Waals surface area contributed by atoms with Crippen LogP contribution in [0.2, 0.25) is 0 Å². The number of carbonyl (C=O) groups excluding carboxylic acids is 1. The number of carboxylic acid groups (broad SMARTS) is 1. The van der Waals surface area contributed by atoms with Crippen LogP contribution in [-0.2, 0) is 0 Å². The molecule has 2 aromatic rings. The molecular formula is C10H7N3O3. The Morgan fingerprint density at radius 1 is 1.44 bits per heavy atom. The molecule has 6 nitrogen and oxygen atoms in total. The highest BCUT2D eigenvalue weighted by molar-refractivity contribution is 5.87. The van der Waals surface area contributed by atoms with Crippen LogP contribution in [0.3, 0.4) is 0 Å². The second kappa shape index (κ2) is 3.93. The molecule has 2 aromatic heterocycles. The van der Waals surface area contributed by atoms with E-state index in [-0.39, 0.29) is 11.3 Å². The van der Waals surface area contributed by atoms with Gasteiger partial charge in [-0.05, 0) is 12.1 Å². The smallest absolute Gasteiger partial charge is 0.335 e. The van der Waals surface area contributed by atoms with E-state index in [9.17, 15) is 9.59 Å². The van der Waals surface area contributed by atoms with Gasteiger partial charge in [0.15, 0.2) is 6.29 Å². The van der Waals surface area contributed by atoms with Crippen molar-refractivity contribution in [3.63, 3.8) is 0 Å². The van der Waals surface area contributed by atoms with Crippen LogP contribution in [0.1, 0.15) is 20.8 Å². The van der Waals surface area contributed by atoms with Crippen molar-refractivity contribution >= 4 is 12.3 Å². The van der Waals surface area contributed by atoms with Crippen LogP contribution >= 0.6 is 0 Å². The third-order valence-electron chi connectivity index (χ3n) is 1.98. The Morgan fingerprint density at radius 3 is 2.88 bits per heavy atom. The Balaban J connectivity index is 2.43. The monoisotopic (exact) mass is 217 g/mol. The van der Waals surface area contributed by atoms with Crippen molar-refractivity contribution in [3.8, 4) is 5.82 Å². The molecule has 0 aromatic carbocycles. The van der Waals surface area contributed by atoms with Gasteiger partial charge in [0.05, 0.1) is 5.56 Å². The van der Waals surface area contributed by atoms with Crippen LogP contribution in [0.25, 0.3) is 5.82 Å². The number of aldehydes is 1. The van der Waals surface area contributed by atoms with Gasteiger partial charge < -0.3 is 5.11 Å². The summed E-state index contributed by atoms with van der Waals surface area (Å²) in [5.74, 6) is -0.625. The highest BCUT2D eigenvalue weighted by atomic mass is 16.4. The summed E-state index contributed by atoms with van der Waals surface area (Å²) in [6.45, 7) is 0. The standard InChI is InChI=1S/C10H7N3O3/c14-5-8-4-13(6-12-8)9-3-7(10(15)16)1-2-11-9/h1-6H,(H,15,16). The molecule has 0 aliphatic carbocycles. The molecule has 0 aliphatic rings. The molecule has 0 radical (unpaired) electrons. The topological polar surface area (TPSA) is 85.1 Å². The lowest BCUT2D eigenvalue weighted by Crippen LogP contribution is -2.00. The van der Waals surface area contributed by atoms with E-state index >= 15 is 0 Å². The highest BCUT2D eigenvalue weighted by Crippen LogP contribution is 2.07. The van der Waals surface area contributed by atoms with Gasteiger partial charge in [-0.2, -0.15) is 0 Å². The maximum atomic E-state index is 10.7. The van der Waals surface area contributed by atoms with Crippen LogP contribution < -0.4 is 0 Å². The average molecular weight is 217 g/mol. The predicted molar refractivity (Wildman–Crippen MR) is 53.7 cm³/mol. The van der Waals surface area contributed by atoms with Crippen molar-refractivity contribution in [2.45, 2.75) is 0 Å². The molecule has 0 saturated carbocycles. The van der Waals surface area contributed by atoms with E-state index in [1.165, 1.54) is 35.4 Å². The quantitative estimate of drug-likeness (QED) is 0.768. The minimum absolute atomic E-state index is 0.131. The summed E-state index contributed by atoms with van der Waals surface area (Å²) in [4.78, 5) is 28.9. The summed E-state index contributed by atoms with van der Waals surface area (Å²) >= 11 is 0. The van der Waals surface area contributed by atoms with Gasteiger partial charge in [-0.25, -0.2) is 14.8 Å². The molecule has 0 bridgehead atoms. The summed E-state index contributed by atoms with van der Waals surface area (Å²) in [6.07, 6.45) is 4.87. The molecule has 0 spiro atoms. The minimum Gasteiger partial charge on any atom is -0.478 e. The second-order valence-electron chi connectivity index (χ2n) is 3.03. The van der Waals surface area contributed by atoms with Gasteiger partial charge in [0.2, 0.25) is 0 Å². The first-order valence-corrected chi connectivity index (χ1v) is 4.39. The first-order chi connectivity index (χ1) is 7.70. The number of aromatic carboxylic acids is 1. The summed E-state index contributed by atoms with van der Waals surface area (Å²) in [7, 11) is 0.